The van der Waals surface area contributed by atoms with Crippen LogP contribution in [0.5, 0.6) is 28.7 Å². The molecule has 6 rings (SSSR count). The number of ketones is 1. The first-order valence-corrected chi connectivity index (χ1v) is 12.5. The van der Waals surface area contributed by atoms with Crippen molar-refractivity contribution in [2.45, 2.75) is 6.04 Å². The first-order valence-electron chi connectivity index (χ1n) is 12.5. The Morgan fingerprint density at radius 1 is 0.947 bits per heavy atom. The summed E-state index contributed by atoms with van der Waals surface area (Å²) in [5, 5.41) is 11.5. The molecule has 2 aromatic carbocycles. The number of hydrogen-bond acceptors (Lipinski definition) is 10. The summed E-state index contributed by atoms with van der Waals surface area (Å²) in [4.78, 5) is 30.5. The molecule has 0 saturated carbocycles. The van der Waals surface area contributed by atoms with Gasteiger partial charge in [0, 0.05) is 31.7 Å². The fraction of sp³-hybridized carbons (Fsp3) is 0.407. The largest absolute Gasteiger partial charge is 0.507 e. The zero-order valence-electron chi connectivity index (χ0n) is 20.9. The molecule has 0 aliphatic carbocycles. The molecule has 4 aliphatic heterocycles. The van der Waals surface area contributed by atoms with Gasteiger partial charge in [0.15, 0.2) is 23.0 Å². The van der Waals surface area contributed by atoms with Crippen molar-refractivity contribution in [1.82, 2.24) is 9.80 Å². The van der Waals surface area contributed by atoms with E-state index in [4.69, 9.17) is 28.4 Å². The molecule has 1 atom stereocenters. The van der Waals surface area contributed by atoms with Crippen molar-refractivity contribution in [3.8, 4) is 28.7 Å². The molecule has 1 N–H and O–H groups in total. The van der Waals surface area contributed by atoms with Gasteiger partial charge in [-0.2, -0.15) is 0 Å². The van der Waals surface area contributed by atoms with Crippen LogP contribution in [-0.4, -0.2) is 93.1 Å². The second kappa shape index (κ2) is 10.1. The predicted molar refractivity (Wildman–Crippen MR) is 133 cm³/mol. The van der Waals surface area contributed by atoms with E-state index in [1.54, 1.807) is 30.3 Å². The molecule has 0 bridgehead atoms. The molecule has 11 heteroatoms. The highest BCUT2D eigenvalue weighted by Gasteiger charge is 2.47. The average molecular weight is 525 g/mol. The van der Waals surface area contributed by atoms with Crippen molar-refractivity contribution in [3.63, 3.8) is 0 Å². The zero-order valence-corrected chi connectivity index (χ0v) is 20.9. The number of rotatable bonds is 6. The first kappa shape index (κ1) is 24.4. The number of aliphatic hydroxyl groups is 1. The van der Waals surface area contributed by atoms with Gasteiger partial charge < -0.3 is 38.4 Å². The lowest BCUT2D eigenvalue weighted by molar-refractivity contribution is -0.140. The number of amides is 1. The lowest BCUT2D eigenvalue weighted by Crippen LogP contribution is -2.42. The Morgan fingerprint density at radius 2 is 1.74 bits per heavy atom. The Labute approximate surface area is 219 Å². The van der Waals surface area contributed by atoms with E-state index in [-0.39, 0.29) is 24.7 Å². The number of carbonyl (C=O) groups excluding carboxylic acids is 2. The first-order chi connectivity index (χ1) is 18.5. The van der Waals surface area contributed by atoms with Crippen LogP contribution in [-0.2, 0) is 14.3 Å². The molecule has 2 fully saturated rings. The Balaban J connectivity index is 1.43. The highest BCUT2D eigenvalue weighted by molar-refractivity contribution is 6.46. The number of aliphatic hydroxyl groups excluding tert-OH is 1. The Morgan fingerprint density at radius 3 is 2.53 bits per heavy atom. The molecular weight excluding hydrogens is 496 g/mol. The molecule has 0 spiro atoms. The summed E-state index contributed by atoms with van der Waals surface area (Å²) in [6.45, 7) is 4.38. The van der Waals surface area contributed by atoms with Gasteiger partial charge in [0.05, 0.1) is 31.9 Å². The van der Waals surface area contributed by atoms with Crippen LogP contribution in [0.2, 0.25) is 0 Å². The van der Waals surface area contributed by atoms with Crippen molar-refractivity contribution in [1.29, 1.82) is 0 Å². The molecule has 4 heterocycles. The molecule has 2 aromatic rings. The second-order valence-corrected chi connectivity index (χ2v) is 9.26. The smallest absolute Gasteiger partial charge is 0.295 e. The Hall–Kier alpha value is -3.96. The minimum absolute atomic E-state index is 0.0189. The van der Waals surface area contributed by atoms with Gasteiger partial charge in [0.25, 0.3) is 11.7 Å². The van der Waals surface area contributed by atoms with Gasteiger partial charge in [-0.25, -0.2) is 0 Å². The number of morpholine rings is 1. The van der Waals surface area contributed by atoms with Gasteiger partial charge in [0.1, 0.15) is 19.0 Å². The van der Waals surface area contributed by atoms with Crippen molar-refractivity contribution in [2.75, 3.05) is 66.5 Å². The van der Waals surface area contributed by atoms with Gasteiger partial charge in [-0.15, -0.1) is 0 Å². The maximum absolute atomic E-state index is 13.5. The fourth-order valence-corrected chi connectivity index (χ4v) is 5.19. The minimum Gasteiger partial charge on any atom is -0.507 e. The van der Waals surface area contributed by atoms with E-state index in [0.717, 1.165) is 13.1 Å². The van der Waals surface area contributed by atoms with E-state index in [1.165, 1.54) is 12.0 Å². The van der Waals surface area contributed by atoms with Gasteiger partial charge >= 0.3 is 0 Å². The number of fused-ring (bicyclic) bond motifs is 2. The highest BCUT2D eigenvalue weighted by Crippen LogP contribution is 2.47. The van der Waals surface area contributed by atoms with Crippen LogP contribution in [0.3, 0.4) is 0 Å². The monoisotopic (exact) mass is 524 g/mol. The van der Waals surface area contributed by atoms with Crippen molar-refractivity contribution >= 4 is 17.4 Å². The lowest BCUT2D eigenvalue weighted by Gasteiger charge is -2.31. The quantitative estimate of drug-likeness (QED) is 0.341. The maximum Gasteiger partial charge on any atom is 0.295 e. The number of ether oxygens (including phenoxy) is 6. The van der Waals surface area contributed by atoms with Gasteiger partial charge in [-0.05, 0) is 35.9 Å². The zero-order chi connectivity index (χ0) is 26.2. The summed E-state index contributed by atoms with van der Waals surface area (Å²) in [6.07, 6.45) is 0. The van der Waals surface area contributed by atoms with Crippen LogP contribution in [0.4, 0.5) is 0 Å². The minimum atomic E-state index is -0.868. The maximum atomic E-state index is 13.5. The number of likely N-dealkylation sites (tertiary alicyclic amines) is 1. The number of hydrogen-bond donors (Lipinski definition) is 1. The van der Waals surface area contributed by atoms with Crippen LogP contribution in [0.25, 0.3) is 5.76 Å². The third-order valence-corrected chi connectivity index (χ3v) is 7.11. The second-order valence-electron chi connectivity index (χ2n) is 9.26. The Bertz CT molecular complexity index is 1300. The van der Waals surface area contributed by atoms with Crippen LogP contribution < -0.4 is 23.7 Å². The molecule has 4 aliphatic rings. The topological polar surface area (TPSA) is 116 Å². The van der Waals surface area contributed by atoms with Crippen LogP contribution >= 0.6 is 0 Å². The molecule has 1 unspecified atom stereocenters. The van der Waals surface area contributed by atoms with E-state index in [9.17, 15) is 14.7 Å². The molecular formula is C27H28N2O9. The van der Waals surface area contributed by atoms with Gasteiger partial charge in [0.2, 0.25) is 12.5 Å². The molecule has 0 radical (unpaired) electrons. The van der Waals surface area contributed by atoms with Crippen LogP contribution in [0, 0.1) is 0 Å². The summed E-state index contributed by atoms with van der Waals surface area (Å²) in [5.74, 6) is 0.577. The van der Waals surface area contributed by atoms with Crippen LogP contribution in [0.1, 0.15) is 17.2 Å². The molecule has 38 heavy (non-hydrogen) atoms. The van der Waals surface area contributed by atoms with Crippen molar-refractivity contribution < 1.29 is 43.1 Å². The third-order valence-electron chi connectivity index (χ3n) is 7.11. The van der Waals surface area contributed by atoms with E-state index in [0.29, 0.717) is 72.8 Å². The predicted octanol–water partition coefficient (Wildman–Crippen LogP) is 1.95. The molecule has 2 saturated heterocycles. The SMILES string of the molecule is COc1cc(C2/C(=C(\O)c3ccc4c(c3)OCCO4)C(=O)C(=O)N2CCN2CCOCC2)cc2c1OCO2. The fourth-order valence-electron chi connectivity index (χ4n) is 5.19. The van der Waals surface area contributed by atoms with Crippen LogP contribution in [0.15, 0.2) is 35.9 Å². The summed E-state index contributed by atoms with van der Waals surface area (Å²) in [6, 6.07) is 7.50. The molecule has 1 amide bonds. The third kappa shape index (κ3) is 4.27. The Kier molecular flexibility index (Phi) is 6.46. The van der Waals surface area contributed by atoms with E-state index in [1.807, 2.05) is 0 Å². The van der Waals surface area contributed by atoms with E-state index in [2.05, 4.69) is 4.90 Å². The molecule has 0 aromatic heterocycles. The standard InChI is InChI=1S/C27H28N2O9/c1-33-20-13-17(14-21-26(20)38-15-37-21)23-22(24(30)16-2-3-18-19(12-16)36-11-10-35-18)25(31)27(32)29(23)5-4-28-6-8-34-9-7-28/h2-3,12-14,23,30H,4-11,15H2,1H3/b24-22+. The normalized spacial score (nSPS) is 22.1. The summed E-state index contributed by atoms with van der Waals surface area (Å²) in [5.41, 5.74) is 0.888. The average Bonchev–Trinajstić information content (AvgIpc) is 3.53. The summed E-state index contributed by atoms with van der Waals surface area (Å²) < 4.78 is 33.3. The van der Waals surface area contributed by atoms with Gasteiger partial charge in [-0.3, -0.25) is 14.5 Å². The summed E-state index contributed by atoms with van der Waals surface area (Å²) >= 11 is 0. The number of nitrogens with zero attached hydrogens (tertiary/aromatic N) is 2. The van der Waals surface area contributed by atoms with E-state index < -0.39 is 17.7 Å². The van der Waals surface area contributed by atoms with E-state index >= 15 is 0 Å². The van der Waals surface area contributed by atoms with Crippen molar-refractivity contribution in [3.05, 3.63) is 47.0 Å². The number of benzene rings is 2. The molecule has 11 nitrogen and oxygen atoms in total. The number of carbonyl (C=O) groups is 2. The molecule has 200 valence electrons. The number of Topliss-reactive ketones (excluding diaryl/α,β-unsaturated/α-hetero) is 1. The summed E-state index contributed by atoms with van der Waals surface area (Å²) in [7, 11) is 1.51. The highest BCUT2D eigenvalue weighted by atomic mass is 16.7. The van der Waals surface area contributed by atoms with Crippen molar-refractivity contribution in [2.24, 2.45) is 0 Å². The number of methoxy groups -OCH3 is 1. The lowest BCUT2D eigenvalue weighted by atomic mass is 9.94. The van der Waals surface area contributed by atoms with Gasteiger partial charge in [-0.1, -0.05) is 0 Å².